The molecule has 0 aliphatic rings. The number of primary amides is 1. The van der Waals surface area contributed by atoms with E-state index in [0.717, 1.165) is 12.2 Å². The maximum atomic E-state index is 10.7. The number of hydrogen-bond donors (Lipinski definition) is 3. The number of urea groups is 1. The fourth-order valence-corrected chi connectivity index (χ4v) is 0.501. The van der Waals surface area contributed by atoms with Gasteiger partial charge in [0.2, 0.25) is 0 Å². The van der Waals surface area contributed by atoms with Crippen LogP contribution in [-0.2, 0) is 14.3 Å². The van der Waals surface area contributed by atoms with Crippen LogP contribution in [0.5, 0.6) is 0 Å². The number of ether oxygens (including phenoxy) is 1. The largest absolute Gasteiger partial charge is 0.460 e. The molecular formula is C7H10N2O5. The number of carbonyl (C=O) groups is 3. The van der Waals surface area contributed by atoms with Crippen LogP contribution in [0, 0.1) is 0 Å². The molecule has 0 radical (unpaired) electrons. The number of imide groups is 1. The van der Waals surface area contributed by atoms with Gasteiger partial charge in [-0.1, -0.05) is 0 Å². The molecule has 0 fully saturated rings. The fraction of sp³-hybridized carbons (Fsp3) is 0.286. The summed E-state index contributed by atoms with van der Waals surface area (Å²) in [5, 5.41) is 9.98. The molecule has 3 amide bonds. The van der Waals surface area contributed by atoms with Crippen molar-refractivity contribution in [2.45, 2.75) is 0 Å². The molecule has 4 N–H and O–H groups in total. The number of esters is 1. The second-order valence-electron chi connectivity index (χ2n) is 2.08. The number of nitrogens with two attached hydrogens (primary N) is 1. The van der Waals surface area contributed by atoms with Crippen LogP contribution in [-0.4, -0.2) is 36.2 Å². The Morgan fingerprint density at radius 3 is 2.50 bits per heavy atom. The molecule has 0 atom stereocenters. The molecule has 0 spiro atoms. The minimum atomic E-state index is -1.01. The van der Waals surface area contributed by atoms with Gasteiger partial charge in [-0.05, 0) is 0 Å². The zero-order valence-electron chi connectivity index (χ0n) is 7.23. The zero-order chi connectivity index (χ0) is 11.0. The van der Waals surface area contributed by atoms with Crippen LogP contribution in [0.25, 0.3) is 0 Å². The van der Waals surface area contributed by atoms with E-state index in [0.29, 0.717) is 0 Å². The Morgan fingerprint density at radius 1 is 1.36 bits per heavy atom. The third kappa shape index (κ3) is 6.80. The Bertz CT molecular complexity index is 261. The van der Waals surface area contributed by atoms with E-state index in [-0.39, 0.29) is 13.2 Å². The summed E-state index contributed by atoms with van der Waals surface area (Å²) in [4.78, 5) is 31.5. The van der Waals surface area contributed by atoms with E-state index in [9.17, 15) is 14.4 Å². The highest BCUT2D eigenvalue weighted by atomic mass is 16.5. The van der Waals surface area contributed by atoms with Crippen molar-refractivity contribution in [1.82, 2.24) is 5.32 Å². The molecule has 78 valence electrons. The Morgan fingerprint density at radius 2 is 2.00 bits per heavy atom. The van der Waals surface area contributed by atoms with Crippen LogP contribution >= 0.6 is 0 Å². The van der Waals surface area contributed by atoms with Gasteiger partial charge in [0.1, 0.15) is 6.61 Å². The molecule has 0 saturated carbocycles. The van der Waals surface area contributed by atoms with Crippen molar-refractivity contribution in [2.24, 2.45) is 5.73 Å². The van der Waals surface area contributed by atoms with Crippen LogP contribution in [0.1, 0.15) is 0 Å². The average molecular weight is 202 g/mol. The Kier molecular flexibility index (Phi) is 5.72. The summed E-state index contributed by atoms with van der Waals surface area (Å²) in [5.41, 5.74) is 4.63. The summed E-state index contributed by atoms with van der Waals surface area (Å²) < 4.78 is 4.37. The SMILES string of the molecule is NC(=O)NC(=O)/C=C\C(=O)OCCO. The first-order chi connectivity index (χ1) is 6.56. The van der Waals surface area contributed by atoms with E-state index < -0.39 is 17.9 Å². The first-order valence-electron chi connectivity index (χ1n) is 3.62. The Hall–Kier alpha value is -1.89. The van der Waals surface area contributed by atoms with E-state index in [2.05, 4.69) is 10.5 Å². The molecule has 0 aromatic carbocycles. The molecular weight excluding hydrogens is 192 g/mol. The first kappa shape index (κ1) is 12.1. The van der Waals surface area contributed by atoms with Crippen LogP contribution in [0.2, 0.25) is 0 Å². The van der Waals surface area contributed by atoms with Crippen molar-refractivity contribution in [3.05, 3.63) is 12.2 Å². The maximum Gasteiger partial charge on any atom is 0.331 e. The molecule has 0 heterocycles. The van der Waals surface area contributed by atoms with E-state index in [1.165, 1.54) is 0 Å². The Labute approximate surface area is 79.5 Å². The second-order valence-corrected chi connectivity index (χ2v) is 2.08. The van der Waals surface area contributed by atoms with Gasteiger partial charge in [-0.3, -0.25) is 10.1 Å². The molecule has 0 aromatic rings. The van der Waals surface area contributed by atoms with E-state index >= 15 is 0 Å². The summed E-state index contributed by atoms with van der Waals surface area (Å²) in [6.45, 7) is -0.451. The molecule has 0 aliphatic carbocycles. The summed E-state index contributed by atoms with van der Waals surface area (Å²) in [7, 11) is 0. The van der Waals surface area contributed by atoms with Crippen LogP contribution < -0.4 is 11.1 Å². The third-order valence-corrected chi connectivity index (χ3v) is 0.953. The normalized spacial score (nSPS) is 9.79. The lowest BCUT2D eigenvalue weighted by molar-refractivity contribution is -0.138. The third-order valence-electron chi connectivity index (χ3n) is 0.953. The molecule has 0 saturated heterocycles. The predicted molar refractivity (Wildman–Crippen MR) is 44.9 cm³/mol. The molecule has 0 bridgehead atoms. The topological polar surface area (TPSA) is 119 Å². The minimum Gasteiger partial charge on any atom is -0.460 e. The van der Waals surface area contributed by atoms with E-state index in [4.69, 9.17) is 5.11 Å². The Balaban J connectivity index is 3.85. The molecule has 14 heavy (non-hydrogen) atoms. The predicted octanol–water partition coefficient (Wildman–Crippen LogP) is -1.73. The number of aliphatic hydroxyl groups excluding tert-OH is 1. The van der Waals surface area contributed by atoms with E-state index in [1.807, 2.05) is 0 Å². The number of nitrogens with one attached hydrogen (secondary N) is 1. The first-order valence-corrected chi connectivity index (χ1v) is 3.62. The molecule has 7 nitrogen and oxygen atoms in total. The van der Waals surface area contributed by atoms with Gasteiger partial charge >= 0.3 is 12.0 Å². The lowest BCUT2D eigenvalue weighted by atomic mass is 10.4. The standard InChI is InChI=1S/C7H10N2O5/c8-7(13)9-5(11)1-2-6(12)14-4-3-10/h1-2,10H,3-4H2,(H3,8,9,11,13)/b2-1-. The van der Waals surface area contributed by atoms with Crippen molar-refractivity contribution in [3.63, 3.8) is 0 Å². The highest BCUT2D eigenvalue weighted by Crippen LogP contribution is 1.81. The van der Waals surface area contributed by atoms with Gasteiger partial charge in [-0.2, -0.15) is 0 Å². The van der Waals surface area contributed by atoms with Gasteiger partial charge in [0.05, 0.1) is 6.61 Å². The van der Waals surface area contributed by atoms with Gasteiger partial charge in [0.15, 0.2) is 0 Å². The van der Waals surface area contributed by atoms with Crippen LogP contribution in [0.3, 0.4) is 0 Å². The smallest absolute Gasteiger partial charge is 0.331 e. The summed E-state index contributed by atoms with van der Waals surface area (Å²) in [5.74, 6) is -1.61. The van der Waals surface area contributed by atoms with Gasteiger partial charge in [0, 0.05) is 12.2 Å². The number of rotatable bonds is 4. The molecule has 0 rings (SSSR count). The van der Waals surface area contributed by atoms with E-state index in [1.54, 1.807) is 5.32 Å². The number of aliphatic hydroxyl groups is 1. The van der Waals surface area contributed by atoms with Crippen molar-refractivity contribution >= 4 is 17.9 Å². The van der Waals surface area contributed by atoms with Gasteiger partial charge < -0.3 is 15.6 Å². The molecule has 0 unspecified atom stereocenters. The van der Waals surface area contributed by atoms with Crippen molar-refractivity contribution in [3.8, 4) is 0 Å². The fourth-order valence-electron chi connectivity index (χ4n) is 0.501. The number of amides is 3. The number of hydrogen-bond acceptors (Lipinski definition) is 5. The maximum absolute atomic E-state index is 10.7. The zero-order valence-corrected chi connectivity index (χ0v) is 7.23. The van der Waals surface area contributed by atoms with Crippen molar-refractivity contribution in [2.75, 3.05) is 13.2 Å². The van der Waals surface area contributed by atoms with Gasteiger partial charge in [-0.15, -0.1) is 0 Å². The van der Waals surface area contributed by atoms with Gasteiger partial charge in [-0.25, -0.2) is 9.59 Å². The second kappa shape index (κ2) is 6.61. The van der Waals surface area contributed by atoms with Crippen LogP contribution in [0.15, 0.2) is 12.2 Å². The summed E-state index contributed by atoms with van der Waals surface area (Å²) in [6, 6.07) is -1.01. The molecule has 0 aliphatic heterocycles. The average Bonchev–Trinajstić information content (AvgIpc) is 2.10. The highest BCUT2D eigenvalue weighted by molar-refractivity contribution is 6.02. The summed E-state index contributed by atoms with van der Waals surface area (Å²) >= 11 is 0. The lowest BCUT2D eigenvalue weighted by Gasteiger charge is -1.96. The molecule has 7 heteroatoms. The van der Waals surface area contributed by atoms with Gasteiger partial charge in [0.25, 0.3) is 5.91 Å². The number of carbonyl (C=O) groups excluding carboxylic acids is 3. The van der Waals surface area contributed by atoms with Crippen LogP contribution in [0.4, 0.5) is 4.79 Å². The highest BCUT2D eigenvalue weighted by Gasteiger charge is 2.00. The quantitative estimate of drug-likeness (QED) is 0.370. The van der Waals surface area contributed by atoms with Crippen molar-refractivity contribution in [1.29, 1.82) is 0 Å². The van der Waals surface area contributed by atoms with Crippen molar-refractivity contribution < 1.29 is 24.2 Å². The lowest BCUT2D eigenvalue weighted by Crippen LogP contribution is -2.33. The summed E-state index contributed by atoms with van der Waals surface area (Å²) in [6.07, 6.45) is 1.61. The monoisotopic (exact) mass is 202 g/mol. The molecule has 0 aromatic heterocycles. The minimum absolute atomic E-state index is 0.152.